The fourth-order valence-corrected chi connectivity index (χ4v) is 6.41. The van der Waals surface area contributed by atoms with Gasteiger partial charge in [-0.05, 0) is 32.9 Å². The minimum Gasteiger partial charge on any atom is -0.495 e. The number of ether oxygens (including phenoxy) is 2. The average molecular weight is 459 g/mol. The van der Waals surface area contributed by atoms with Crippen LogP contribution in [0.1, 0.15) is 15.4 Å². The number of thiazole rings is 1. The van der Waals surface area contributed by atoms with Gasteiger partial charge in [0, 0.05) is 15.8 Å². The zero-order valence-electron chi connectivity index (χ0n) is 15.9. The van der Waals surface area contributed by atoms with Crippen LogP contribution in [0, 0.1) is 20.8 Å². The molecule has 3 aromatic rings. The Morgan fingerprint density at radius 2 is 1.68 bits per heavy atom. The Bertz CT molecular complexity index is 1120. The van der Waals surface area contributed by atoms with Gasteiger partial charge in [0.15, 0.2) is 0 Å². The number of anilines is 1. The molecule has 2 heterocycles. The molecule has 0 radical (unpaired) electrons. The maximum Gasteiger partial charge on any atom is 0.263 e. The Balaban J connectivity index is 1.99. The number of rotatable bonds is 6. The van der Waals surface area contributed by atoms with E-state index in [1.54, 1.807) is 24.3 Å². The molecule has 0 fully saturated rings. The summed E-state index contributed by atoms with van der Waals surface area (Å²) < 4.78 is 39.0. The summed E-state index contributed by atoms with van der Waals surface area (Å²) in [5.41, 5.74) is 1.19. The van der Waals surface area contributed by atoms with Crippen molar-refractivity contribution in [1.82, 2.24) is 4.98 Å². The lowest BCUT2D eigenvalue weighted by Gasteiger charge is -2.14. The average Bonchev–Trinajstić information content (AvgIpc) is 3.18. The molecule has 0 aliphatic carbocycles. The minimum absolute atomic E-state index is 0.201. The van der Waals surface area contributed by atoms with E-state index in [1.165, 1.54) is 37.7 Å². The topological polar surface area (TPSA) is 77.5 Å². The van der Waals surface area contributed by atoms with Gasteiger partial charge in [0.25, 0.3) is 10.0 Å². The van der Waals surface area contributed by atoms with E-state index < -0.39 is 10.0 Å². The second kappa shape index (κ2) is 7.90. The van der Waals surface area contributed by atoms with E-state index in [9.17, 15) is 8.42 Å². The van der Waals surface area contributed by atoms with Crippen LogP contribution in [0.5, 0.6) is 11.5 Å². The van der Waals surface area contributed by atoms with Crippen molar-refractivity contribution in [3.63, 3.8) is 0 Å². The van der Waals surface area contributed by atoms with Crippen LogP contribution in [-0.2, 0) is 10.0 Å². The Kier molecular flexibility index (Phi) is 5.90. The van der Waals surface area contributed by atoms with Gasteiger partial charge in [-0.3, -0.25) is 4.72 Å². The van der Waals surface area contributed by atoms with Gasteiger partial charge < -0.3 is 9.47 Å². The molecule has 150 valence electrons. The van der Waals surface area contributed by atoms with E-state index in [0.29, 0.717) is 16.4 Å². The zero-order chi connectivity index (χ0) is 20.6. The number of halogens is 1. The molecule has 1 aromatic carbocycles. The lowest BCUT2D eigenvalue weighted by molar-refractivity contribution is 0.396. The van der Waals surface area contributed by atoms with Crippen LogP contribution < -0.4 is 14.2 Å². The molecule has 0 aliphatic rings. The van der Waals surface area contributed by atoms with E-state index >= 15 is 0 Å². The smallest absolute Gasteiger partial charge is 0.263 e. The van der Waals surface area contributed by atoms with Crippen molar-refractivity contribution in [3.8, 4) is 21.4 Å². The van der Waals surface area contributed by atoms with Gasteiger partial charge in [-0.2, -0.15) is 0 Å². The summed E-state index contributed by atoms with van der Waals surface area (Å²) in [6.45, 7) is 5.71. The van der Waals surface area contributed by atoms with Gasteiger partial charge >= 0.3 is 0 Å². The molecule has 0 amide bonds. The number of aryl methyl sites for hydroxylation is 3. The van der Waals surface area contributed by atoms with E-state index in [0.717, 1.165) is 20.5 Å². The van der Waals surface area contributed by atoms with Crippen molar-refractivity contribution in [1.29, 1.82) is 0 Å². The second-order valence-corrected chi connectivity index (χ2v) is 10.5. The zero-order valence-corrected chi connectivity index (χ0v) is 19.1. The Morgan fingerprint density at radius 1 is 1.00 bits per heavy atom. The van der Waals surface area contributed by atoms with Gasteiger partial charge in [-0.15, -0.1) is 22.7 Å². The predicted octanol–water partition coefficient (Wildman–Crippen LogP) is 5.27. The summed E-state index contributed by atoms with van der Waals surface area (Å²) in [6, 6.07) is 4.65. The second-order valence-electron chi connectivity index (χ2n) is 5.98. The first-order chi connectivity index (χ1) is 13.2. The molecular weight excluding hydrogens is 440 g/mol. The molecule has 0 unspecified atom stereocenters. The van der Waals surface area contributed by atoms with Crippen LogP contribution in [0.2, 0.25) is 5.02 Å². The molecule has 3 rings (SSSR count). The summed E-state index contributed by atoms with van der Waals surface area (Å²) in [5.74, 6) is 0.703. The highest BCUT2D eigenvalue weighted by atomic mass is 35.5. The highest BCUT2D eigenvalue weighted by Gasteiger charge is 2.24. The van der Waals surface area contributed by atoms with Crippen LogP contribution >= 0.6 is 34.3 Å². The molecule has 0 bridgehead atoms. The van der Waals surface area contributed by atoms with E-state index in [2.05, 4.69) is 9.71 Å². The number of hydrogen-bond acceptors (Lipinski definition) is 7. The summed E-state index contributed by atoms with van der Waals surface area (Å²) >= 11 is 9.09. The monoisotopic (exact) mass is 458 g/mol. The lowest BCUT2D eigenvalue weighted by Crippen LogP contribution is -2.14. The fraction of sp³-hybridized carbons (Fsp3) is 0.278. The first-order valence-electron chi connectivity index (χ1n) is 8.15. The molecule has 0 saturated heterocycles. The first-order valence-corrected chi connectivity index (χ1v) is 11.6. The van der Waals surface area contributed by atoms with Gasteiger partial charge in [0.05, 0.1) is 35.5 Å². The SMILES string of the molecule is COc1cc(OC)c(NS(=O)(=O)c2cc(-c3nc(C)c(C)s3)sc2C)cc1Cl. The number of hydrogen-bond donors (Lipinski definition) is 1. The van der Waals surface area contributed by atoms with Crippen molar-refractivity contribution in [2.45, 2.75) is 25.7 Å². The Labute approximate surface area is 177 Å². The maximum atomic E-state index is 13.0. The molecule has 0 aliphatic heterocycles. The lowest BCUT2D eigenvalue weighted by atomic mass is 10.3. The molecule has 0 spiro atoms. The van der Waals surface area contributed by atoms with Crippen molar-refractivity contribution in [2.24, 2.45) is 0 Å². The van der Waals surface area contributed by atoms with Crippen LogP contribution in [-0.4, -0.2) is 27.6 Å². The molecule has 28 heavy (non-hydrogen) atoms. The fourth-order valence-electron chi connectivity index (χ4n) is 2.56. The highest BCUT2D eigenvalue weighted by Crippen LogP contribution is 2.40. The van der Waals surface area contributed by atoms with Crippen molar-refractivity contribution in [3.05, 3.63) is 38.7 Å². The Morgan fingerprint density at radius 3 is 2.25 bits per heavy atom. The van der Waals surface area contributed by atoms with Crippen LogP contribution in [0.15, 0.2) is 23.1 Å². The number of methoxy groups -OCH3 is 2. The van der Waals surface area contributed by atoms with Crippen molar-refractivity contribution in [2.75, 3.05) is 18.9 Å². The van der Waals surface area contributed by atoms with Crippen LogP contribution in [0.3, 0.4) is 0 Å². The molecule has 2 aromatic heterocycles. The van der Waals surface area contributed by atoms with Crippen LogP contribution in [0.25, 0.3) is 9.88 Å². The third kappa shape index (κ3) is 3.98. The largest absolute Gasteiger partial charge is 0.495 e. The van der Waals surface area contributed by atoms with Gasteiger partial charge in [-0.1, -0.05) is 11.6 Å². The number of benzene rings is 1. The molecule has 0 saturated carbocycles. The highest BCUT2D eigenvalue weighted by molar-refractivity contribution is 7.93. The van der Waals surface area contributed by atoms with E-state index in [-0.39, 0.29) is 15.6 Å². The predicted molar refractivity (Wildman–Crippen MR) is 115 cm³/mol. The summed E-state index contributed by atoms with van der Waals surface area (Å²) in [4.78, 5) is 7.33. The number of nitrogens with one attached hydrogen (secondary N) is 1. The van der Waals surface area contributed by atoms with E-state index in [1.807, 2.05) is 13.8 Å². The Hall–Kier alpha value is -1.81. The van der Waals surface area contributed by atoms with Gasteiger partial charge in [0.2, 0.25) is 0 Å². The number of aromatic nitrogens is 1. The normalized spacial score (nSPS) is 11.5. The summed E-state index contributed by atoms with van der Waals surface area (Å²) in [5, 5.41) is 1.09. The van der Waals surface area contributed by atoms with Crippen molar-refractivity contribution < 1.29 is 17.9 Å². The third-order valence-corrected chi connectivity index (χ3v) is 8.33. The summed E-state index contributed by atoms with van der Waals surface area (Å²) in [6.07, 6.45) is 0. The maximum absolute atomic E-state index is 13.0. The number of sulfonamides is 1. The van der Waals surface area contributed by atoms with E-state index in [4.69, 9.17) is 21.1 Å². The summed E-state index contributed by atoms with van der Waals surface area (Å²) in [7, 11) is -0.925. The van der Waals surface area contributed by atoms with Gasteiger partial charge in [0.1, 0.15) is 21.4 Å². The quantitative estimate of drug-likeness (QED) is 0.544. The molecular formula is C18H19ClN2O4S3. The standard InChI is InChI=1S/C18H19ClN2O4S3/c1-9-10(2)27-18(20-9)16-8-17(11(3)26-16)28(22,23)21-13-6-12(19)14(24-4)7-15(13)25-5/h6-8,21H,1-5H3. The first kappa shape index (κ1) is 20.9. The third-order valence-electron chi connectivity index (χ3n) is 4.12. The van der Waals surface area contributed by atoms with Crippen molar-refractivity contribution >= 4 is 50.0 Å². The molecule has 1 N–H and O–H groups in total. The van der Waals surface area contributed by atoms with Gasteiger partial charge in [-0.25, -0.2) is 13.4 Å². The van der Waals surface area contributed by atoms with Crippen LogP contribution in [0.4, 0.5) is 5.69 Å². The molecule has 6 nitrogen and oxygen atoms in total. The number of nitrogens with zero attached hydrogens (tertiary/aromatic N) is 1. The number of thiophene rings is 1. The minimum atomic E-state index is -3.85. The molecule has 0 atom stereocenters. The molecule has 10 heteroatoms.